The Morgan fingerprint density at radius 3 is 2.05 bits per heavy atom. The normalized spacial score (nSPS) is 14.0. The van der Waals surface area contributed by atoms with E-state index in [0.717, 1.165) is 12.3 Å². The van der Waals surface area contributed by atoms with Crippen LogP contribution >= 0.6 is 0 Å². The highest BCUT2D eigenvalue weighted by molar-refractivity contribution is 7.85. The molecular formula is C16H34NO4S+. The summed E-state index contributed by atoms with van der Waals surface area (Å²) in [7, 11) is 0.166. The smallest absolute Gasteiger partial charge is 0.265 e. The zero-order valence-corrected chi connectivity index (χ0v) is 16.1. The van der Waals surface area contributed by atoms with Gasteiger partial charge < -0.3 is 9.22 Å². The van der Waals surface area contributed by atoms with Crippen molar-refractivity contribution in [3.63, 3.8) is 0 Å². The van der Waals surface area contributed by atoms with Crippen molar-refractivity contribution < 1.29 is 22.2 Å². The first-order valence-corrected chi connectivity index (χ1v) is 9.29. The Hall–Kier alpha value is -0.590. The highest BCUT2D eigenvalue weighted by atomic mass is 32.2. The maximum absolute atomic E-state index is 10.7. The molecule has 0 fully saturated rings. The third kappa shape index (κ3) is 7.61. The number of ether oxygens (including phenoxy) is 1. The third-order valence-electron chi connectivity index (χ3n) is 4.71. The van der Waals surface area contributed by atoms with Crippen LogP contribution in [0, 0.1) is 10.8 Å². The molecule has 0 saturated heterocycles. The van der Waals surface area contributed by atoms with E-state index in [4.69, 9.17) is 9.29 Å². The number of hydrogen-bond acceptors (Lipinski definition) is 3. The van der Waals surface area contributed by atoms with Crippen LogP contribution in [0.2, 0.25) is 0 Å². The molecule has 0 spiro atoms. The third-order valence-corrected chi connectivity index (χ3v) is 5.52. The van der Waals surface area contributed by atoms with Gasteiger partial charge in [-0.3, -0.25) is 4.55 Å². The molecule has 0 aliphatic rings. The molecule has 0 rings (SSSR count). The van der Waals surface area contributed by atoms with E-state index in [0.29, 0.717) is 24.1 Å². The monoisotopic (exact) mass is 336 g/mol. The summed E-state index contributed by atoms with van der Waals surface area (Å²) in [6, 6.07) is 0. The SMILES string of the molecule is C=C(OCC[N+](C)(C)CCCS(=O)(=O)O)C(C)(C)C(C)(C)C. The summed E-state index contributed by atoms with van der Waals surface area (Å²) in [5, 5.41) is 0. The van der Waals surface area contributed by atoms with Crippen molar-refractivity contribution in [3.05, 3.63) is 12.3 Å². The van der Waals surface area contributed by atoms with Gasteiger partial charge in [0.05, 0.1) is 32.2 Å². The first-order chi connectivity index (χ1) is 9.58. The maximum Gasteiger partial charge on any atom is 0.265 e. The number of quaternary nitrogens is 1. The van der Waals surface area contributed by atoms with Gasteiger partial charge in [-0.15, -0.1) is 0 Å². The lowest BCUT2D eigenvalue weighted by atomic mass is 9.68. The molecule has 0 aliphatic carbocycles. The van der Waals surface area contributed by atoms with Crippen molar-refractivity contribution in [1.82, 2.24) is 0 Å². The molecule has 0 aliphatic heterocycles. The van der Waals surface area contributed by atoms with Crippen LogP contribution in [0.1, 0.15) is 41.0 Å². The van der Waals surface area contributed by atoms with Crippen LogP contribution in [0.15, 0.2) is 12.3 Å². The predicted molar refractivity (Wildman–Crippen MR) is 91.2 cm³/mol. The summed E-state index contributed by atoms with van der Waals surface area (Å²) in [6.07, 6.45) is 0.431. The van der Waals surface area contributed by atoms with Crippen molar-refractivity contribution in [2.75, 3.05) is 39.5 Å². The molecular weight excluding hydrogens is 302 g/mol. The molecule has 0 aromatic rings. The first kappa shape index (κ1) is 21.4. The molecule has 0 radical (unpaired) electrons. The fourth-order valence-corrected chi connectivity index (χ4v) is 2.30. The Labute approximate surface area is 136 Å². The fraction of sp³-hybridized carbons (Fsp3) is 0.875. The molecule has 0 aromatic carbocycles. The van der Waals surface area contributed by atoms with Crippen LogP contribution in [-0.2, 0) is 14.9 Å². The largest absolute Gasteiger partial charge is 0.492 e. The van der Waals surface area contributed by atoms with Gasteiger partial charge in [0.2, 0.25) is 0 Å². The van der Waals surface area contributed by atoms with E-state index in [-0.39, 0.29) is 16.6 Å². The highest BCUT2D eigenvalue weighted by Crippen LogP contribution is 2.43. The Balaban J connectivity index is 4.31. The van der Waals surface area contributed by atoms with Crippen LogP contribution in [0.5, 0.6) is 0 Å². The van der Waals surface area contributed by atoms with Crippen LogP contribution in [-0.4, -0.2) is 57.0 Å². The lowest BCUT2D eigenvalue weighted by molar-refractivity contribution is -0.890. The Morgan fingerprint density at radius 1 is 1.14 bits per heavy atom. The number of nitrogens with zero attached hydrogens (tertiary/aromatic N) is 1. The van der Waals surface area contributed by atoms with Crippen LogP contribution < -0.4 is 0 Å². The van der Waals surface area contributed by atoms with Gasteiger partial charge in [-0.2, -0.15) is 8.42 Å². The van der Waals surface area contributed by atoms with Crippen LogP contribution in [0.25, 0.3) is 0 Å². The van der Waals surface area contributed by atoms with E-state index >= 15 is 0 Å². The Bertz CT molecular complexity index is 473. The molecule has 1 N–H and O–H groups in total. The van der Waals surface area contributed by atoms with E-state index in [2.05, 4.69) is 41.2 Å². The van der Waals surface area contributed by atoms with Crippen molar-refractivity contribution in [2.24, 2.45) is 10.8 Å². The van der Waals surface area contributed by atoms with Crippen molar-refractivity contribution in [2.45, 2.75) is 41.0 Å². The van der Waals surface area contributed by atoms with Crippen molar-refractivity contribution in [3.8, 4) is 0 Å². The van der Waals surface area contributed by atoms with Gasteiger partial charge in [0.25, 0.3) is 10.1 Å². The molecule has 6 heteroatoms. The lowest BCUT2D eigenvalue weighted by Gasteiger charge is -2.40. The number of rotatable bonds is 9. The summed E-state index contributed by atoms with van der Waals surface area (Å²) in [6.45, 7) is 16.8. The van der Waals surface area contributed by atoms with Crippen LogP contribution in [0.4, 0.5) is 0 Å². The molecule has 22 heavy (non-hydrogen) atoms. The van der Waals surface area contributed by atoms with Gasteiger partial charge in [-0.05, 0) is 5.41 Å². The van der Waals surface area contributed by atoms with Gasteiger partial charge in [0.15, 0.2) is 0 Å². The second kappa shape index (κ2) is 7.32. The number of hydrogen-bond donors (Lipinski definition) is 1. The minimum atomic E-state index is -3.87. The minimum absolute atomic E-state index is 0.0595. The van der Waals surface area contributed by atoms with E-state index < -0.39 is 10.1 Å². The van der Waals surface area contributed by atoms with Gasteiger partial charge >= 0.3 is 0 Å². The zero-order chi connectivity index (χ0) is 17.8. The number of likely N-dealkylation sites (N-methyl/N-ethyl adjacent to an activating group) is 1. The molecule has 132 valence electrons. The predicted octanol–water partition coefficient (Wildman–Crippen LogP) is 2.94. The lowest BCUT2D eigenvalue weighted by Crippen LogP contribution is -2.44. The van der Waals surface area contributed by atoms with E-state index in [1.165, 1.54) is 0 Å². The summed E-state index contributed by atoms with van der Waals surface area (Å²) in [5.74, 6) is 0.581. The fourth-order valence-electron chi connectivity index (χ4n) is 1.80. The molecule has 0 heterocycles. The molecule has 0 saturated carbocycles. The van der Waals surface area contributed by atoms with Gasteiger partial charge in [-0.1, -0.05) is 41.2 Å². The van der Waals surface area contributed by atoms with Gasteiger partial charge in [-0.25, -0.2) is 0 Å². The Kier molecular flexibility index (Phi) is 7.12. The standard InChI is InChI=1S/C16H33NO4S/c1-14(16(5,6)15(2,3)4)21-12-11-17(7,8)10-9-13-22(18,19)20/h1,9-13H2,2-8H3/p+1. The Morgan fingerprint density at radius 2 is 1.64 bits per heavy atom. The molecule has 5 nitrogen and oxygen atoms in total. The summed E-state index contributed by atoms with van der Waals surface area (Å²) in [5.41, 5.74) is -0.0704. The first-order valence-electron chi connectivity index (χ1n) is 7.68. The molecule has 0 amide bonds. The number of allylic oxidation sites excluding steroid dienone is 1. The van der Waals surface area contributed by atoms with E-state index in [1.807, 2.05) is 14.1 Å². The van der Waals surface area contributed by atoms with E-state index in [9.17, 15) is 8.42 Å². The summed E-state index contributed by atoms with van der Waals surface area (Å²) >= 11 is 0. The average Bonchev–Trinajstić information content (AvgIpc) is 2.24. The van der Waals surface area contributed by atoms with Gasteiger partial charge in [0, 0.05) is 11.8 Å². The quantitative estimate of drug-likeness (QED) is 0.399. The summed E-state index contributed by atoms with van der Waals surface area (Å²) in [4.78, 5) is 0. The zero-order valence-electron chi connectivity index (χ0n) is 15.3. The molecule has 0 atom stereocenters. The van der Waals surface area contributed by atoms with Crippen molar-refractivity contribution >= 4 is 10.1 Å². The highest BCUT2D eigenvalue weighted by Gasteiger charge is 2.36. The molecule has 0 bridgehead atoms. The van der Waals surface area contributed by atoms with E-state index in [1.54, 1.807) is 0 Å². The van der Waals surface area contributed by atoms with Crippen LogP contribution in [0.3, 0.4) is 0 Å². The minimum Gasteiger partial charge on any atom is -0.492 e. The second-order valence-corrected chi connectivity index (χ2v) is 9.74. The van der Waals surface area contributed by atoms with Crippen molar-refractivity contribution in [1.29, 1.82) is 0 Å². The summed E-state index contributed by atoms with van der Waals surface area (Å²) < 4.78 is 36.7. The van der Waals surface area contributed by atoms with Gasteiger partial charge in [0.1, 0.15) is 13.2 Å². The maximum atomic E-state index is 10.7. The average molecular weight is 337 g/mol. The molecule has 0 aromatic heterocycles. The molecule has 0 unspecified atom stereocenters. The second-order valence-electron chi connectivity index (χ2n) is 8.17. The topological polar surface area (TPSA) is 63.6 Å².